The van der Waals surface area contributed by atoms with Crippen molar-refractivity contribution in [3.05, 3.63) is 58.9 Å². The third kappa shape index (κ3) is 5.53. The van der Waals surface area contributed by atoms with Gasteiger partial charge < -0.3 is 5.32 Å². The molecule has 0 bridgehead atoms. The van der Waals surface area contributed by atoms with Gasteiger partial charge in [-0.3, -0.25) is 19.6 Å². The van der Waals surface area contributed by atoms with Gasteiger partial charge in [0.05, 0.1) is 6.54 Å². The van der Waals surface area contributed by atoms with Crippen LogP contribution in [0.25, 0.3) is 0 Å². The summed E-state index contributed by atoms with van der Waals surface area (Å²) >= 11 is 5.85. The molecular formula is C19H23ClN4O. The number of pyridine rings is 1. The van der Waals surface area contributed by atoms with Crippen molar-refractivity contribution in [2.24, 2.45) is 0 Å². The lowest BCUT2D eigenvalue weighted by atomic mass is 10.2. The lowest BCUT2D eigenvalue weighted by Gasteiger charge is -2.34. The van der Waals surface area contributed by atoms with E-state index in [4.69, 9.17) is 11.6 Å². The molecule has 1 fully saturated rings. The fraction of sp³-hybridized carbons (Fsp3) is 0.368. The molecule has 5 nitrogen and oxygen atoms in total. The molecule has 0 aliphatic carbocycles. The molecule has 6 heteroatoms. The number of aromatic nitrogens is 1. The van der Waals surface area contributed by atoms with Gasteiger partial charge in [0.25, 0.3) is 0 Å². The Morgan fingerprint density at radius 1 is 1.12 bits per heavy atom. The summed E-state index contributed by atoms with van der Waals surface area (Å²) in [6, 6.07) is 9.35. The van der Waals surface area contributed by atoms with Crippen LogP contribution in [0, 0.1) is 6.92 Å². The van der Waals surface area contributed by atoms with Crippen molar-refractivity contribution in [1.29, 1.82) is 0 Å². The van der Waals surface area contributed by atoms with Crippen LogP contribution >= 0.6 is 11.6 Å². The van der Waals surface area contributed by atoms with Gasteiger partial charge in [0.1, 0.15) is 0 Å². The van der Waals surface area contributed by atoms with Gasteiger partial charge in [0.15, 0.2) is 0 Å². The molecule has 1 aliphatic heterocycles. The van der Waals surface area contributed by atoms with Gasteiger partial charge in [-0.15, -0.1) is 0 Å². The Morgan fingerprint density at radius 2 is 1.80 bits per heavy atom. The molecule has 1 aliphatic rings. The minimum absolute atomic E-state index is 0.0126. The lowest BCUT2D eigenvalue weighted by molar-refractivity contribution is -0.117. The van der Waals surface area contributed by atoms with Gasteiger partial charge in [-0.2, -0.15) is 0 Å². The Balaban J connectivity index is 1.42. The fourth-order valence-electron chi connectivity index (χ4n) is 3.00. The molecule has 3 rings (SSSR count). The quantitative estimate of drug-likeness (QED) is 0.892. The van der Waals surface area contributed by atoms with E-state index in [2.05, 4.69) is 33.1 Å². The summed E-state index contributed by atoms with van der Waals surface area (Å²) in [5.74, 6) is 0.0126. The number of piperazine rings is 1. The van der Waals surface area contributed by atoms with Crippen molar-refractivity contribution < 1.29 is 4.79 Å². The predicted octanol–water partition coefficient (Wildman–Crippen LogP) is 2.80. The Kier molecular flexibility index (Phi) is 6.02. The molecule has 0 atom stereocenters. The van der Waals surface area contributed by atoms with Crippen LogP contribution in [0.4, 0.5) is 5.69 Å². The second-order valence-corrected chi connectivity index (χ2v) is 6.91. The summed E-state index contributed by atoms with van der Waals surface area (Å²) < 4.78 is 0. The number of anilines is 1. The van der Waals surface area contributed by atoms with E-state index in [-0.39, 0.29) is 5.91 Å². The largest absolute Gasteiger partial charge is 0.325 e. The third-order valence-corrected chi connectivity index (χ3v) is 4.55. The van der Waals surface area contributed by atoms with Gasteiger partial charge in [-0.05, 0) is 42.3 Å². The highest BCUT2D eigenvalue weighted by atomic mass is 35.5. The van der Waals surface area contributed by atoms with Crippen molar-refractivity contribution in [3.63, 3.8) is 0 Å². The van der Waals surface area contributed by atoms with Crippen molar-refractivity contribution in [1.82, 2.24) is 14.8 Å². The van der Waals surface area contributed by atoms with Crippen LogP contribution in [0.15, 0.2) is 42.7 Å². The molecule has 1 aromatic carbocycles. The molecule has 1 aromatic heterocycles. The normalized spacial score (nSPS) is 15.9. The van der Waals surface area contributed by atoms with E-state index in [1.807, 2.05) is 24.5 Å². The van der Waals surface area contributed by atoms with Crippen molar-refractivity contribution in [3.8, 4) is 0 Å². The van der Waals surface area contributed by atoms with Gasteiger partial charge >= 0.3 is 0 Å². The average Bonchev–Trinajstić information content (AvgIpc) is 2.59. The number of carbonyl (C=O) groups excluding carboxylic acids is 1. The van der Waals surface area contributed by atoms with E-state index in [1.54, 1.807) is 12.1 Å². The number of halogens is 1. The van der Waals surface area contributed by atoms with Crippen molar-refractivity contribution in [2.75, 3.05) is 38.0 Å². The van der Waals surface area contributed by atoms with Crippen LogP contribution in [-0.4, -0.2) is 53.4 Å². The number of hydrogen-bond acceptors (Lipinski definition) is 4. The smallest absolute Gasteiger partial charge is 0.238 e. The van der Waals surface area contributed by atoms with Gasteiger partial charge in [-0.25, -0.2) is 0 Å². The summed E-state index contributed by atoms with van der Waals surface area (Å²) in [6.45, 7) is 7.11. The number of nitrogens with zero attached hydrogens (tertiary/aromatic N) is 3. The number of amides is 1. The van der Waals surface area contributed by atoms with E-state index in [0.29, 0.717) is 11.6 Å². The van der Waals surface area contributed by atoms with Gasteiger partial charge in [0.2, 0.25) is 5.91 Å². The topological polar surface area (TPSA) is 48.5 Å². The number of hydrogen-bond donors (Lipinski definition) is 1. The Morgan fingerprint density at radius 3 is 2.48 bits per heavy atom. The molecule has 1 amide bonds. The first-order valence-electron chi connectivity index (χ1n) is 8.49. The highest BCUT2D eigenvalue weighted by Gasteiger charge is 2.19. The fourth-order valence-corrected chi connectivity index (χ4v) is 3.13. The number of rotatable bonds is 5. The molecule has 0 unspecified atom stereocenters. The number of aryl methyl sites for hydroxylation is 1. The molecule has 0 saturated carbocycles. The first-order valence-corrected chi connectivity index (χ1v) is 8.87. The summed E-state index contributed by atoms with van der Waals surface area (Å²) in [6.07, 6.45) is 3.81. The second-order valence-electron chi connectivity index (χ2n) is 6.48. The summed E-state index contributed by atoms with van der Waals surface area (Å²) in [5.41, 5.74) is 3.21. The minimum Gasteiger partial charge on any atom is -0.325 e. The van der Waals surface area contributed by atoms with E-state index < -0.39 is 0 Å². The average molecular weight is 359 g/mol. The molecule has 1 saturated heterocycles. The SMILES string of the molecule is Cc1cncc(CN2CCN(CC(=O)Nc3ccc(Cl)cc3)CC2)c1. The van der Waals surface area contributed by atoms with Crippen molar-refractivity contribution >= 4 is 23.2 Å². The maximum absolute atomic E-state index is 12.2. The standard InChI is InChI=1S/C19H23ClN4O/c1-15-10-16(12-21-11-15)13-23-6-8-24(9-7-23)14-19(25)22-18-4-2-17(20)3-5-18/h2-5,10-12H,6-9,13-14H2,1H3,(H,22,25). The Hall–Kier alpha value is -1.95. The molecule has 132 valence electrons. The van der Waals surface area contributed by atoms with Crippen LogP contribution in [0.1, 0.15) is 11.1 Å². The van der Waals surface area contributed by atoms with E-state index in [1.165, 1.54) is 11.1 Å². The summed E-state index contributed by atoms with van der Waals surface area (Å²) in [7, 11) is 0. The van der Waals surface area contributed by atoms with Gasteiger partial charge in [-0.1, -0.05) is 17.7 Å². The Bertz CT molecular complexity index is 712. The van der Waals surface area contributed by atoms with Crippen LogP contribution in [0.5, 0.6) is 0 Å². The lowest BCUT2D eigenvalue weighted by Crippen LogP contribution is -2.48. The molecule has 0 radical (unpaired) electrons. The third-order valence-electron chi connectivity index (χ3n) is 4.30. The van der Waals surface area contributed by atoms with E-state index >= 15 is 0 Å². The maximum Gasteiger partial charge on any atom is 0.238 e. The first-order chi connectivity index (χ1) is 12.1. The zero-order chi connectivity index (χ0) is 17.6. The van der Waals surface area contributed by atoms with Gasteiger partial charge in [0, 0.05) is 55.8 Å². The van der Waals surface area contributed by atoms with E-state index in [9.17, 15) is 4.79 Å². The molecule has 0 spiro atoms. The molecule has 2 aromatic rings. The highest BCUT2D eigenvalue weighted by Crippen LogP contribution is 2.14. The second kappa shape index (κ2) is 8.43. The maximum atomic E-state index is 12.2. The number of carbonyl (C=O) groups is 1. The minimum atomic E-state index is 0.0126. The number of nitrogens with one attached hydrogen (secondary N) is 1. The monoisotopic (exact) mass is 358 g/mol. The summed E-state index contributed by atoms with van der Waals surface area (Å²) in [5, 5.41) is 3.58. The summed E-state index contributed by atoms with van der Waals surface area (Å²) in [4.78, 5) is 21.0. The van der Waals surface area contributed by atoms with Crippen molar-refractivity contribution in [2.45, 2.75) is 13.5 Å². The van der Waals surface area contributed by atoms with Crippen LogP contribution in [-0.2, 0) is 11.3 Å². The van der Waals surface area contributed by atoms with Crippen LogP contribution < -0.4 is 5.32 Å². The first kappa shape index (κ1) is 17.9. The molecule has 2 heterocycles. The zero-order valence-corrected chi connectivity index (χ0v) is 15.2. The predicted molar refractivity (Wildman–Crippen MR) is 101 cm³/mol. The number of benzene rings is 1. The zero-order valence-electron chi connectivity index (χ0n) is 14.4. The molecule has 25 heavy (non-hydrogen) atoms. The van der Waals surface area contributed by atoms with Crippen LogP contribution in [0.2, 0.25) is 5.02 Å². The highest BCUT2D eigenvalue weighted by molar-refractivity contribution is 6.30. The Labute approximate surface area is 153 Å². The molecular weight excluding hydrogens is 336 g/mol. The van der Waals surface area contributed by atoms with E-state index in [0.717, 1.165) is 38.4 Å². The molecule has 1 N–H and O–H groups in total. The van der Waals surface area contributed by atoms with Crippen LogP contribution in [0.3, 0.4) is 0 Å².